The third-order valence-corrected chi connectivity index (χ3v) is 3.70. The van der Waals surface area contributed by atoms with Gasteiger partial charge in [-0.1, -0.05) is 23.7 Å². The topological polar surface area (TPSA) is 58.5 Å². The van der Waals surface area contributed by atoms with Gasteiger partial charge >= 0.3 is 0 Å². The molecule has 134 valence electrons. The molecule has 1 aromatic carbocycles. The molecule has 2 N–H and O–H groups in total. The molecule has 0 unspecified atom stereocenters. The number of guanidine groups is 1. The number of nitrogens with one attached hydrogen (secondary N) is 2. The molecule has 1 heterocycles. The Morgan fingerprint density at radius 1 is 1.24 bits per heavy atom. The van der Waals surface area contributed by atoms with Crippen molar-refractivity contribution < 1.29 is 9.13 Å². The number of pyridine rings is 1. The lowest BCUT2D eigenvalue weighted by Crippen LogP contribution is -2.37. The molecule has 0 radical (unpaired) electrons. The van der Waals surface area contributed by atoms with Crippen LogP contribution in [0.2, 0.25) is 5.15 Å². The van der Waals surface area contributed by atoms with E-state index >= 15 is 0 Å². The number of halogens is 2. The number of aliphatic imine (C=N–C) groups is 1. The van der Waals surface area contributed by atoms with Crippen molar-refractivity contribution in [1.29, 1.82) is 0 Å². The molecular formula is C18H22ClFN4O. The third-order valence-electron chi connectivity index (χ3n) is 3.47. The summed E-state index contributed by atoms with van der Waals surface area (Å²) < 4.78 is 19.0. The number of aromatic nitrogens is 1. The lowest BCUT2D eigenvalue weighted by molar-refractivity contribution is 0.321. The van der Waals surface area contributed by atoms with Gasteiger partial charge < -0.3 is 15.4 Å². The van der Waals surface area contributed by atoms with Crippen LogP contribution in [0.15, 0.2) is 41.5 Å². The van der Waals surface area contributed by atoms with Crippen molar-refractivity contribution in [3.05, 3.63) is 58.6 Å². The molecule has 0 aliphatic rings. The van der Waals surface area contributed by atoms with E-state index in [2.05, 4.69) is 20.6 Å². The van der Waals surface area contributed by atoms with Crippen molar-refractivity contribution >= 4 is 17.6 Å². The maximum atomic E-state index is 13.8. The van der Waals surface area contributed by atoms with Gasteiger partial charge in [0.2, 0.25) is 0 Å². The predicted molar refractivity (Wildman–Crippen MR) is 98.7 cm³/mol. The van der Waals surface area contributed by atoms with E-state index in [4.69, 9.17) is 16.3 Å². The van der Waals surface area contributed by atoms with E-state index in [-0.39, 0.29) is 11.6 Å². The van der Waals surface area contributed by atoms with Crippen LogP contribution in [-0.4, -0.2) is 31.1 Å². The Balaban J connectivity index is 1.80. The Morgan fingerprint density at radius 3 is 2.68 bits per heavy atom. The zero-order valence-corrected chi connectivity index (χ0v) is 15.1. The molecule has 2 rings (SSSR count). The lowest BCUT2D eigenvalue weighted by Gasteiger charge is -2.12. The fourth-order valence-electron chi connectivity index (χ4n) is 2.21. The summed E-state index contributed by atoms with van der Waals surface area (Å²) in [5.41, 5.74) is 1.90. The van der Waals surface area contributed by atoms with Crippen molar-refractivity contribution in [2.75, 3.05) is 20.2 Å². The predicted octanol–water partition coefficient (Wildman–Crippen LogP) is 3.18. The molecule has 0 amide bonds. The largest absolute Gasteiger partial charge is 0.491 e. The first-order chi connectivity index (χ1) is 12.1. The van der Waals surface area contributed by atoms with Gasteiger partial charge in [-0.2, -0.15) is 0 Å². The van der Waals surface area contributed by atoms with E-state index in [0.717, 1.165) is 17.5 Å². The lowest BCUT2D eigenvalue weighted by atomic mass is 10.2. The van der Waals surface area contributed by atoms with Crippen molar-refractivity contribution in [3.63, 3.8) is 0 Å². The molecule has 0 aliphatic heterocycles. The summed E-state index contributed by atoms with van der Waals surface area (Å²) in [6, 6.07) is 8.64. The van der Waals surface area contributed by atoms with Gasteiger partial charge in [0.25, 0.3) is 0 Å². The maximum absolute atomic E-state index is 13.8. The first kappa shape index (κ1) is 19.0. The molecule has 1 aromatic heterocycles. The maximum Gasteiger partial charge on any atom is 0.191 e. The monoisotopic (exact) mass is 364 g/mol. The van der Waals surface area contributed by atoms with Crippen LogP contribution in [0.3, 0.4) is 0 Å². The quantitative estimate of drug-likeness (QED) is 0.450. The smallest absolute Gasteiger partial charge is 0.191 e. The van der Waals surface area contributed by atoms with E-state index < -0.39 is 0 Å². The minimum absolute atomic E-state index is 0.269. The van der Waals surface area contributed by atoms with Crippen LogP contribution in [-0.2, 0) is 13.0 Å². The summed E-state index contributed by atoms with van der Waals surface area (Å²) in [7, 11) is 1.69. The third kappa shape index (κ3) is 6.23. The molecule has 0 atom stereocenters. The fourth-order valence-corrected chi connectivity index (χ4v) is 2.32. The van der Waals surface area contributed by atoms with Gasteiger partial charge in [-0.15, -0.1) is 0 Å². The molecule has 0 fully saturated rings. The Kier molecular flexibility index (Phi) is 7.47. The molecule has 5 nitrogen and oxygen atoms in total. The SMILES string of the molecule is CCOc1ccc(CNC(=NC)NCCc2ccc(Cl)nc2)cc1F. The molecule has 25 heavy (non-hydrogen) atoms. The molecular weight excluding hydrogens is 343 g/mol. The highest BCUT2D eigenvalue weighted by Gasteiger charge is 2.05. The second kappa shape index (κ2) is 9.84. The molecule has 0 spiro atoms. The van der Waals surface area contributed by atoms with Gasteiger partial charge in [0.05, 0.1) is 6.61 Å². The van der Waals surface area contributed by atoms with Gasteiger partial charge in [-0.25, -0.2) is 9.37 Å². The number of hydrogen-bond acceptors (Lipinski definition) is 3. The second-order valence-corrected chi connectivity index (χ2v) is 5.68. The number of nitrogens with zero attached hydrogens (tertiary/aromatic N) is 2. The summed E-state index contributed by atoms with van der Waals surface area (Å²) >= 11 is 5.77. The first-order valence-electron chi connectivity index (χ1n) is 8.08. The van der Waals surface area contributed by atoms with E-state index in [0.29, 0.717) is 30.8 Å². The number of ether oxygens (including phenoxy) is 1. The Hall–Kier alpha value is -2.34. The van der Waals surface area contributed by atoms with E-state index in [1.165, 1.54) is 6.07 Å². The molecule has 0 bridgehead atoms. The average molecular weight is 365 g/mol. The minimum atomic E-state index is -0.362. The summed E-state index contributed by atoms with van der Waals surface area (Å²) in [6.45, 7) is 3.42. The van der Waals surface area contributed by atoms with Gasteiger partial charge in [-0.05, 0) is 42.7 Å². The van der Waals surface area contributed by atoms with Crippen molar-refractivity contribution in [2.24, 2.45) is 4.99 Å². The minimum Gasteiger partial charge on any atom is -0.491 e. The summed E-state index contributed by atoms with van der Waals surface area (Å²) in [5.74, 6) is 0.556. The van der Waals surface area contributed by atoms with Gasteiger partial charge in [0, 0.05) is 26.3 Å². The average Bonchev–Trinajstić information content (AvgIpc) is 2.62. The number of hydrogen-bond donors (Lipinski definition) is 2. The van der Waals surface area contributed by atoms with Crippen LogP contribution in [0.4, 0.5) is 4.39 Å². The molecule has 0 aliphatic carbocycles. The highest BCUT2D eigenvalue weighted by atomic mass is 35.5. The van der Waals surface area contributed by atoms with E-state index in [1.54, 1.807) is 25.4 Å². The zero-order valence-electron chi connectivity index (χ0n) is 14.4. The zero-order chi connectivity index (χ0) is 18.1. The van der Waals surface area contributed by atoms with Crippen LogP contribution < -0.4 is 15.4 Å². The van der Waals surface area contributed by atoms with Crippen LogP contribution in [0, 0.1) is 5.82 Å². The van der Waals surface area contributed by atoms with Gasteiger partial charge in [0.15, 0.2) is 17.5 Å². The number of benzene rings is 1. The molecule has 0 saturated heterocycles. The highest BCUT2D eigenvalue weighted by Crippen LogP contribution is 2.18. The summed E-state index contributed by atoms with van der Waals surface area (Å²) in [6.07, 6.45) is 2.55. The Labute approximate surface area is 152 Å². The first-order valence-corrected chi connectivity index (χ1v) is 8.46. The highest BCUT2D eigenvalue weighted by molar-refractivity contribution is 6.29. The molecule has 2 aromatic rings. The van der Waals surface area contributed by atoms with Crippen LogP contribution in [0.25, 0.3) is 0 Å². The normalized spacial score (nSPS) is 11.3. The fraction of sp³-hybridized carbons (Fsp3) is 0.333. The van der Waals surface area contributed by atoms with Crippen molar-refractivity contribution in [2.45, 2.75) is 19.9 Å². The van der Waals surface area contributed by atoms with Crippen molar-refractivity contribution in [3.8, 4) is 5.75 Å². The standard InChI is InChI=1S/C18H22ClFN4O/c1-3-25-16-6-4-14(10-15(16)20)12-24-18(21-2)22-9-8-13-5-7-17(19)23-11-13/h4-7,10-11H,3,8-9,12H2,1-2H3,(H2,21,22,24). The Morgan fingerprint density at radius 2 is 2.04 bits per heavy atom. The summed E-state index contributed by atoms with van der Waals surface area (Å²) in [5, 5.41) is 6.85. The number of rotatable bonds is 7. The van der Waals surface area contributed by atoms with Crippen LogP contribution in [0.1, 0.15) is 18.1 Å². The molecule has 0 saturated carbocycles. The molecule has 7 heteroatoms. The van der Waals surface area contributed by atoms with Gasteiger partial charge in [-0.3, -0.25) is 4.99 Å². The van der Waals surface area contributed by atoms with Crippen LogP contribution in [0.5, 0.6) is 5.75 Å². The van der Waals surface area contributed by atoms with E-state index in [1.807, 2.05) is 19.1 Å². The van der Waals surface area contributed by atoms with Crippen molar-refractivity contribution in [1.82, 2.24) is 15.6 Å². The Bertz CT molecular complexity index is 707. The second-order valence-electron chi connectivity index (χ2n) is 5.29. The summed E-state index contributed by atoms with van der Waals surface area (Å²) in [4.78, 5) is 8.20. The van der Waals surface area contributed by atoms with E-state index in [9.17, 15) is 4.39 Å². The van der Waals surface area contributed by atoms with Crippen LogP contribution >= 0.6 is 11.6 Å². The van der Waals surface area contributed by atoms with Gasteiger partial charge in [0.1, 0.15) is 5.15 Å².